The number of carbonyl (C=O) groups is 1. The van der Waals surface area contributed by atoms with Gasteiger partial charge in [-0.15, -0.1) is 0 Å². The average Bonchev–Trinajstić information content (AvgIpc) is 1.84. The van der Waals surface area contributed by atoms with E-state index in [0.717, 1.165) is 0 Å². The van der Waals surface area contributed by atoms with Crippen LogP contribution in [0.25, 0.3) is 0 Å². The van der Waals surface area contributed by atoms with Crippen LogP contribution in [0.5, 0.6) is 0 Å². The summed E-state index contributed by atoms with van der Waals surface area (Å²) in [6.07, 6.45) is 3.17. The van der Waals surface area contributed by atoms with Crippen LogP contribution in [0, 0.1) is 0 Å². The molecule has 0 fully saturated rings. The summed E-state index contributed by atoms with van der Waals surface area (Å²) in [5.41, 5.74) is -0.434. The lowest BCUT2D eigenvalue weighted by Gasteiger charge is -2.18. The highest BCUT2D eigenvalue weighted by molar-refractivity contribution is 5.71. The predicted octanol–water partition coefficient (Wildman–Crippen LogP) is 1.88. The zero-order valence-electron chi connectivity index (χ0n) is 8.09. The van der Waals surface area contributed by atoms with E-state index in [1.807, 2.05) is 27.7 Å². The summed E-state index contributed by atoms with van der Waals surface area (Å²) in [7, 11) is 0. The highest BCUT2D eigenvalue weighted by atomic mass is 16.6. The first-order valence-corrected chi connectivity index (χ1v) is 3.90. The first-order valence-electron chi connectivity index (χ1n) is 3.90. The molecule has 0 atom stereocenters. The first-order chi connectivity index (χ1) is 5.45. The lowest BCUT2D eigenvalue weighted by molar-refractivity contribution is -0.158. The molecule has 0 aliphatic carbocycles. The zero-order chi connectivity index (χ0) is 9.61. The van der Waals surface area contributed by atoms with Gasteiger partial charge in [0.05, 0.1) is 6.26 Å². The van der Waals surface area contributed by atoms with Crippen molar-refractivity contribution >= 4 is 5.97 Å². The van der Waals surface area contributed by atoms with E-state index in [9.17, 15) is 4.79 Å². The van der Waals surface area contributed by atoms with Gasteiger partial charge in [-0.05, 0) is 27.7 Å². The van der Waals surface area contributed by atoms with E-state index in [1.54, 1.807) is 6.08 Å². The molecule has 0 aliphatic rings. The van der Waals surface area contributed by atoms with E-state index in [0.29, 0.717) is 0 Å². The molecule has 0 heterocycles. The minimum Gasteiger partial charge on any atom is -0.490 e. The third kappa shape index (κ3) is 7.12. The summed E-state index contributed by atoms with van der Waals surface area (Å²) in [6, 6.07) is 0. The van der Waals surface area contributed by atoms with Gasteiger partial charge in [-0.3, -0.25) is 0 Å². The number of hydrogen-bond donors (Lipinski definition) is 0. The molecule has 0 amide bonds. The number of ether oxygens (including phenoxy) is 2. The zero-order valence-corrected chi connectivity index (χ0v) is 8.09. The van der Waals surface area contributed by atoms with Gasteiger partial charge in [-0.2, -0.15) is 0 Å². The van der Waals surface area contributed by atoms with Crippen molar-refractivity contribution in [3.8, 4) is 0 Å². The SMILES string of the molecule is CC=COCC(=O)OC(C)(C)C. The van der Waals surface area contributed by atoms with E-state index >= 15 is 0 Å². The Morgan fingerprint density at radius 1 is 1.42 bits per heavy atom. The minimum absolute atomic E-state index is 0.0262. The van der Waals surface area contributed by atoms with E-state index in [1.165, 1.54) is 6.26 Å². The summed E-state index contributed by atoms with van der Waals surface area (Å²) in [5.74, 6) is -0.347. The number of esters is 1. The summed E-state index contributed by atoms with van der Waals surface area (Å²) >= 11 is 0. The molecule has 0 aromatic carbocycles. The highest BCUT2D eigenvalue weighted by Crippen LogP contribution is 2.06. The number of hydrogen-bond acceptors (Lipinski definition) is 3. The molecule has 3 heteroatoms. The fourth-order valence-corrected chi connectivity index (χ4v) is 0.583. The van der Waals surface area contributed by atoms with Crippen LogP contribution in [-0.4, -0.2) is 18.2 Å². The van der Waals surface area contributed by atoms with Gasteiger partial charge in [0.25, 0.3) is 0 Å². The van der Waals surface area contributed by atoms with Crippen LogP contribution in [0.1, 0.15) is 27.7 Å². The second-order valence-corrected chi connectivity index (χ2v) is 3.37. The van der Waals surface area contributed by atoms with Crippen molar-refractivity contribution in [3.63, 3.8) is 0 Å². The van der Waals surface area contributed by atoms with Crippen molar-refractivity contribution in [2.24, 2.45) is 0 Å². The largest absolute Gasteiger partial charge is 0.490 e. The van der Waals surface area contributed by atoms with E-state index in [2.05, 4.69) is 0 Å². The first kappa shape index (κ1) is 11.0. The molecule has 0 aromatic heterocycles. The van der Waals surface area contributed by atoms with E-state index in [-0.39, 0.29) is 12.6 Å². The van der Waals surface area contributed by atoms with Crippen LogP contribution < -0.4 is 0 Å². The Kier molecular flexibility index (Phi) is 4.40. The summed E-state index contributed by atoms with van der Waals surface area (Å²) in [4.78, 5) is 11.0. The molecule has 0 aromatic rings. The second kappa shape index (κ2) is 4.80. The fraction of sp³-hybridized carbons (Fsp3) is 0.667. The Balaban J connectivity index is 3.61. The van der Waals surface area contributed by atoms with Crippen LogP contribution in [0.4, 0.5) is 0 Å². The highest BCUT2D eigenvalue weighted by Gasteiger charge is 2.15. The molecular weight excluding hydrogens is 156 g/mol. The molecule has 0 unspecified atom stereocenters. The smallest absolute Gasteiger partial charge is 0.344 e. The molecule has 0 saturated carbocycles. The molecule has 0 rings (SSSR count). The van der Waals surface area contributed by atoms with E-state index < -0.39 is 5.60 Å². The molecule has 0 aliphatic heterocycles. The maximum Gasteiger partial charge on any atom is 0.344 e. The van der Waals surface area contributed by atoms with E-state index in [4.69, 9.17) is 9.47 Å². The second-order valence-electron chi connectivity index (χ2n) is 3.37. The van der Waals surface area contributed by atoms with Gasteiger partial charge in [0.15, 0.2) is 6.61 Å². The number of allylic oxidation sites excluding steroid dienone is 1. The topological polar surface area (TPSA) is 35.5 Å². The van der Waals surface area contributed by atoms with Gasteiger partial charge in [-0.25, -0.2) is 4.79 Å². The van der Waals surface area contributed by atoms with Gasteiger partial charge in [0, 0.05) is 0 Å². The van der Waals surface area contributed by atoms with Crippen LogP contribution in [0.15, 0.2) is 12.3 Å². The van der Waals surface area contributed by atoms with Crippen LogP contribution in [-0.2, 0) is 14.3 Å². The van der Waals surface area contributed by atoms with Crippen molar-refractivity contribution in [3.05, 3.63) is 12.3 Å². The lowest BCUT2D eigenvalue weighted by Crippen LogP contribution is -2.26. The molecule has 12 heavy (non-hydrogen) atoms. The summed E-state index contributed by atoms with van der Waals surface area (Å²) < 4.78 is 9.82. The lowest BCUT2D eigenvalue weighted by atomic mass is 10.2. The molecule has 0 radical (unpaired) electrons. The third-order valence-electron chi connectivity index (χ3n) is 0.854. The summed E-state index contributed by atoms with van der Waals surface area (Å²) in [6.45, 7) is 7.25. The van der Waals surface area contributed by atoms with Crippen LogP contribution in [0.3, 0.4) is 0 Å². The van der Waals surface area contributed by atoms with Gasteiger partial charge >= 0.3 is 5.97 Å². The Morgan fingerprint density at radius 3 is 2.42 bits per heavy atom. The van der Waals surface area contributed by atoms with Crippen molar-refractivity contribution in [2.45, 2.75) is 33.3 Å². The average molecular weight is 172 g/mol. The van der Waals surface area contributed by atoms with Gasteiger partial charge < -0.3 is 9.47 Å². The van der Waals surface area contributed by atoms with Gasteiger partial charge in [0.2, 0.25) is 0 Å². The quantitative estimate of drug-likeness (QED) is 0.481. The Hall–Kier alpha value is -0.990. The molecule has 3 nitrogen and oxygen atoms in total. The maximum atomic E-state index is 11.0. The van der Waals surface area contributed by atoms with Crippen molar-refractivity contribution in [2.75, 3.05) is 6.61 Å². The standard InChI is InChI=1S/C9H16O3/c1-5-6-11-7-8(10)12-9(2,3)4/h5-6H,7H2,1-4H3. The Bertz CT molecular complexity index is 165. The maximum absolute atomic E-state index is 11.0. The number of carbonyl (C=O) groups excluding carboxylic acids is 1. The minimum atomic E-state index is -0.434. The number of rotatable bonds is 3. The molecule has 0 bridgehead atoms. The summed E-state index contributed by atoms with van der Waals surface area (Å²) in [5, 5.41) is 0. The third-order valence-corrected chi connectivity index (χ3v) is 0.854. The van der Waals surface area contributed by atoms with Crippen molar-refractivity contribution in [1.29, 1.82) is 0 Å². The fourth-order valence-electron chi connectivity index (χ4n) is 0.583. The molecule has 0 N–H and O–H groups in total. The molecule has 0 saturated heterocycles. The monoisotopic (exact) mass is 172 g/mol. The van der Waals surface area contributed by atoms with Crippen LogP contribution >= 0.6 is 0 Å². The predicted molar refractivity (Wildman–Crippen MR) is 46.6 cm³/mol. The molecular formula is C9H16O3. The normalized spacial score (nSPS) is 11.7. The van der Waals surface area contributed by atoms with Crippen molar-refractivity contribution in [1.82, 2.24) is 0 Å². The van der Waals surface area contributed by atoms with Gasteiger partial charge in [-0.1, -0.05) is 6.08 Å². The van der Waals surface area contributed by atoms with Crippen molar-refractivity contribution < 1.29 is 14.3 Å². The van der Waals surface area contributed by atoms with Crippen LogP contribution in [0.2, 0.25) is 0 Å². The Morgan fingerprint density at radius 2 is 2.00 bits per heavy atom. The molecule has 70 valence electrons. The molecule has 0 spiro atoms. The Labute approximate surface area is 73.4 Å². The van der Waals surface area contributed by atoms with Gasteiger partial charge in [0.1, 0.15) is 5.60 Å².